The molecule has 1 aromatic carbocycles. The molecule has 23 heavy (non-hydrogen) atoms. The number of amides is 2. The van der Waals surface area contributed by atoms with E-state index in [1.54, 1.807) is 26.0 Å². The molecule has 0 bridgehead atoms. The molecule has 0 saturated carbocycles. The van der Waals surface area contributed by atoms with Gasteiger partial charge in [-0.1, -0.05) is 30.1 Å². The minimum absolute atomic E-state index is 0.0247. The van der Waals surface area contributed by atoms with Crippen LogP contribution in [0.25, 0.3) is 0 Å². The molecule has 0 saturated heterocycles. The van der Waals surface area contributed by atoms with Crippen LogP contribution in [-0.2, 0) is 9.47 Å². The summed E-state index contributed by atoms with van der Waals surface area (Å²) in [5.74, 6) is 0. The summed E-state index contributed by atoms with van der Waals surface area (Å²) in [5.41, 5.74) is 0.463. The Kier molecular flexibility index (Phi) is 7.98. The van der Waals surface area contributed by atoms with Crippen molar-refractivity contribution in [2.75, 3.05) is 11.9 Å². The number of benzene rings is 1. The van der Waals surface area contributed by atoms with Crippen LogP contribution in [0.1, 0.15) is 27.2 Å². The third kappa shape index (κ3) is 7.43. The maximum Gasteiger partial charge on any atom is 0.411 e. The third-order valence-corrected chi connectivity index (χ3v) is 3.48. The van der Waals surface area contributed by atoms with Crippen molar-refractivity contribution in [1.82, 2.24) is 5.32 Å². The minimum atomic E-state index is -0.652. The highest BCUT2D eigenvalue weighted by atomic mass is 35.5. The Balaban J connectivity index is 2.43. The number of halogens is 2. The molecule has 0 radical (unpaired) electrons. The van der Waals surface area contributed by atoms with E-state index in [9.17, 15) is 9.59 Å². The molecule has 1 aromatic rings. The van der Waals surface area contributed by atoms with Gasteiger partial charge in [0.05, 0.1) is 22.2 Å². The number of ether oxygens (including phenoxy) is 2. The van der Waals surface area contributed by atoms with Gasteiger partial charge in [0.15, 0.2) is 0 Å². The second-order valence-corrected chi connectivity index (χ2v) is 5.87. The Morgan fingerprint density at radius 2 is 1.87 bits per heavy atom. The molecule has 2 N–H and O–H groups in total. The van der Waals surface area contributed by atoms with E-state index in [1.165, 1.54) is 6.07 Å². The van der Waals surface area contributed by atoms with Crippen molar-refractivity contribution in [3.8, 4) is 0 Å². The molecular formula is C15H20Cl2N2O4. The van der Waals surface area contributed by atoms with Gasteiger partial charge in [-0.25, -0.2) is 9.59 Å². The molecule has 0 aliphatic carbocycles. The lowest BCUT2D eigenvalue weighted by Crippen LogP contribution is -2.39. The van der Waals surface area contributed by atoms with Crippen LogP contribution in [-0.4, -0.2) is 30.9 Å². The van der Waals surface area contributed by atoms with Gasteiger partial charge in [-0.05, 0) is 38.5 Å². The molecule has 128 valence electrons. The van der Waals surface area contributed by atoms with E-state index in [-0.39, 0.29) is 18.8 Å². The standard InChI is InChI=1S/C15H20Cl2N2O4/c1-4-10(18-15(21)23-9(2)3)8-22-14(20)19-11-5-6-12(16)13(17)7-11/h5-7,9-10H,4,8H2,1-3H3,(H,18,21)(H,19,20)/t10-/m0/s1. The summed E-state index contributed by atoms with van der Waals surface area (Å²) >= 11 is 11.7. The average Bonchev–Trinajstić information content (AvgIpc) is 2.46. The molecule has 2 amide bonds. The highest BCUT2D eigenvalue weighted by Crippen LogP contribution is 2.25. The van der Waals surface area contributed by atoms with Gasteiger partial charge in [-0.15, -0.1) is 0 Å². The van der Waals surface area contributed by atoms with Gasteiger partial charge in [-0.3, -0.25) is 5.32 Å². The van der Waals surface area contributed by atoms with E-state index in [4.69, 9.17) is 32.7 Å². The van der Waals surface area contributed by atoms with Crippen molar-refractivity contribution in [3.63, 3.8) is 0 Å². The number of rotatable bonds is 6. The lowest BCUT2D eigenvalue weighted by molar-refractivity contribution is 0.102. The molecule has 0 heterocycles. The van der Waals surface area contributed by atoms with Gasteiger partial charge in [-0.2, -0.15) is 0 Å². The summed E-state index contributed by atoms with van der Waals surface area (Å²) in [6.07, 6.45) is -0.819. The van der Waals surface area contributed by atoms with Crippen molar-refractivity contribution in [2.45, 2.75) is 39.3 Å². The lowest BCUT2D eigenvalue weighted by Gasteiger charge is -2.18. The summed E-state index contributed by atoms with van der Waals surface area (Å²) in [6.45, 7) is 5.39. The number of carbonyl (C=O) groups excluding carboxylic acids is 2. The van der Waals surface area contributed by atoms with E-state index in [0.29, 0.717) is 22.2 Å². The summed E-state index contributed by atoms with van der Waals surface area (Å²) in [6, 6.07) is 4.35. The SMILES string of the molecule is CC[C@@H](COC(=O)Nc1ccc(Cl)c(Cl)c1)NC(=O)OC(C)C. The summed E-state index contributed by atoms with van der Waals surface area (Å²) in [4.78, 5) is 23.3. The number of anilines is 1. The van der Waals surface area contributed by atoms with Crippen molar-refractivity contribution in [2.24, 2.45) is 0 Å². The zero-order valence-corrected chi connectivity index (χ0v) is 14.7. The second kappa shape index (κ2) is 9.47. The number of alkyl carbamates (subject to hydrolysis) is 1. The van der Waals surface area contributed by atoms with E-state index in [2.05, 4.69) is 10.6 Å². The fourth-order valence-corrected chi connectivity index (χ4v) is 1.88. The molecule has 1 atom stereocenters. The number of hydrogen-bond donors (Lipinski definition) is 2. The van der Waals surface area contributed by atoms with Crippen LogP contribution in [0.4, 0.5) is 15.3 Å². The van der Waals surface area contributed by atoms with E-state index in [1.807, 2.05) is 6.92 Å². The highest BCUT2D eigenvalue weighted by Gasteiger charge is 2.15. The van der Waals surface area contributed by atoms with Crippen molar-refractivity contribution < 1.29 is 19.1 Å². The predicted molar refractivity (Wildman–Crippen MR) is 90.3 cm³/mol. The van der Waals surface area contributed by atoms with Gasteiger partial charge in [0.2, 0.25) is 0 Å². The molecule has 0 fully saturated rings. The van der Waals surface area contributed by atoms with E-state index in [0.717, 1.165) is 0 Å². The van der Waals surface area contributed by atoms with E-state index >= 15 is 0 Å². The zero-order chi connectivity index (χ0) is 17.4. The third-order valence-electron chi connectivity index (χ3n) is 2.74. The van der Waals surface area contributed by atoms with Gasteiger partial charge in [0.25, 0.3) is 0 Å². The van der Waals surface area contributed by atoms with Crippen LogP contribution >= 0.6 is 23.2 Å². The van der Waals surface area contributed by atoms with Crippen LogP contribution in [0.5, 0.6) is 0 Å². The molecule has 0 aliphatic heterocycles. The van der Waals surface area contributed by atoms with E-state index < -0.39 is 12.2 Å². The Hall–Kier alpha value is -1.66. The number of carbonyl (C=O) groups is 2. The number of hydrogen-bond acceptors (Lipinski definition) is 4. The van der Waals surface area contributed by atoms with Crippen molar-refractivity contribution in [3.05, 3.63) is 28.2 Å². The fourth-order valence-electron chi connectivity index (χ4n) is 1.58. The van der Waals surface area contributed by atoms with Crippen LogP contribution < -0.4 is 10.6 Å². The molecule has 0 aromatic heterocycles. The van der Waals surface area contributed by atoms with Gasteiger partial charge in [0.1, 0.15) is 6.61 Å². The first-order valence-corrected chi connectivity index (χ1v) is 7.93. The topological polar surface area (TPSA) is 76.7 Å². The minimum Gasteiger partial charge on any atom is -0.447 e. The normalized spacial score (nSPS) is 11.7. The maximum absolute atomic E-state index is 11.7. The van der Waals surface area contributed by atoms with Crippen LogP contribution in [0.2, 0.25) is 10.0 Å². The van der Waals surface area contributed by atoms with Gasteiger partial charge < -0.3 is 14.8 Å². The number of nitrogens with one attached hydrogen (secondary N) is 2. The monoisotopic (exact) mass is 362 g/mol. The maximum atomic E-state index is 11.7. The van der Waals surface area contributed by atoms with Crippen molar-refractivity contribution in [1.29, 1.82) is 0 Å². The Morgan fingerprint density at radius 3 is 2.43 bits per heavy atom. The molecule has 0 unspecified atom stereocenters. The predicted octanol–water partition coefficient (Wildman–Crippen LogP) is 4.46. The first-order valence-electron chi connectivity index (χ1n) is 7.17. The molecule has 1 rings (SSSR count). The summed E-state index contributed by atoms with van der Waals surface area (Å²) in [7, 11) is 0. The molecular weight excluding hydrogens is 343 g/mol. The first-order chi connectivity index (χ1) is 10.8. The molecule has 8 heteroatoms. The molecule has 6 nitrogen and oxygen atoms in total. The average molecular weight is 363 g/mol. The summed E-state index contributed by atoms with van der Waals surface area (Å²) in [5, 5.41) is 5.88. The lowest BCUT2D eigenvalue weighted by atomic mass is 10.2. The van der Waals surface area contributed by atoms with Gasteiger partial charge in [0, 0.05) is 5.69 Å². The Morgan fingerprint density at radius 1 is 1.17 bits per heavy atom. The molecule has 0 aliphatic rings. The first kappa shape index (κ1) is 19.4. The highest BCUT2D eigenvalue weighted by molar-refractivity contribution is 6.42. The fraction of sp³-hybridized carbons (Fsp3) is 0.467. The second-order valence-electron chi connectivity index (χ2n) is 5.06. The summed E-state index contributed by atoms with van der Waals surface area (Å²) < 4.78 is 10.1. The van der Waals surface area contributed by atoms with Crippen LogP contribution in [0.15, 0.2) is 18.2 Å². The smallest absolute Gasteiger partial charge is 0.411 e. The van der Waals surface area contributed by atoms with Crippen molar-refractivity contribution >= 4 is 41.1 Å². The Bertz CT molecular complexity index is 552. The van der Waals surface area contributed by atoms with Crippen LogP contribution in [0, 0.1) is 0 Å². The van der Waals surface area contributed by atoms with Crippen LogP contribution in [0.3, 0.4) is 0 Å². The zero-order valence-electron chi connectivity index (χ0n) is 13.2. The molecule has 0 spiro atoms. The Labute approximate surface area is 145 Å². The quantitative estimate of drug-likeness (QED) is 0.783. The largest absolute Gasteiger partial charge is 0.447 e. The van der Waals surface area contributed by atoms with Gasteiger partial charge >= 0.3 is 12.2 Å².